The Bertz CT molecular complexity index is 2970. The molecule has 10 rings (SSSR count). The highest BCUT2D eigenvalue weighted by molar-refractivity contribution is 6.10. The van der Waals surface area contributed by atoms with Crippen LogP contribution in [0.3, 0.4) is 0 Å². The van der Waals surface area contributed by atoms with E-state index in [4.69, 9.17) is 19.4 Å². The first kappa shape index (κ1) is 31.9. The van der Waals surface area contributed by atoms with Gasteiger partial charge in [0.15, 0.2) is 17.5 Å². The monoisotopic (exact) mass is 696 g/mol. The van der Waals surface area contributed by atoms with Gasteiger partial charge >= 0.3 is 0 Å². The molecule has 0 unspecified atom stereocenters. The molecule has 0 aliphatic carbocycles. The minimum absolute atomic E-state index is 0.0263. The van der Waals surface area contributed by atoms with Gasteiger partial charge in [0.25, 0.3) is 0 Å². The largest absolute Gasteiger partial charge is 0.456 e. The fraction of sp³-hybridized carbons (Fsp3) is 0.0816. The van der Waals surface area contributed by atoms with Gasteiger partial charge in [0, 0.05) is 38.2 Å². The third-order valence-corrected chi connectivity index (χ3v) is 10.4. The summed E-state index contributed by atoms with van der Waals surface area (Å²) in [6.45, 7) is 6.80. The van der Waals surface area contributed by atoms with E-state index in [0.717, 1.165) is 66.5 Å². The van der Waals surface area contributed by atoms with Gasteiger partial charge in [-0.25, -0.2) is 15.0 Å². The van der Waals surface area contributed by atoms with Crippen molar-refractivity contribution in [1.29, 1.82) is 0 Å². The van der Waals surface area contributed by atoms with Gasteiger partial charge in [0.05, 0.1) is 16.7 Å². The summed E-state index contributed by atoms with van der Waals surface area (Å²) in [4.78, 5) is 15.5. The third-order valence-electron chi connectivity index (χ3n) is 10.4. The van der Waals surface area contributed by atoms with Crippen LogP contribution in [0.1, 0.15) is 26.3 Å². The van der Waals surface area contributed by atoms with Gasteiger partial charge in [-0.15, -0.1) is 0 Å². The number of hydrogen-bond acceptors (Lipinski definition) is 4. The van der Waals surface area contributed by atoms with Crippen LogP contribution in [0.15, 0.2) is 168 Å². The van der Waals surface area contributed by atoms with Crippen LogP contribution in [0, 0.1) is 0 Å². The molecule has 5 nitrogen and oxygen atoms in total. The molecule has 0 atom stereocenters. The molecule has 7 aromatic carbocycles. The quantitative estimate of drug-likeness (QED) is 0.180. The van der Waals surface area contributed by atoms with Crippen LogP contribution >= 0.6 is 0 Å². The number of hydrogen-bond donors (Lipinski definition) is 0. The molecule has 54 heavy (non-hydrogen) atoms. The van der Waals surface area contributed by atoms with E-state index in [2.05, 4.69) is 141 Å². The zero-order valence-corrected chi connectivity index (χ0v) is 30.3. The Morgan fingerprint density at radius 1 is 0.426 bits per heavy atom. The Hall–Kier alpha value is -6.85. The van der Waals surface area contributed by atoms with Crippen LogP contribution in [0.4, 0.5) is 0 Å². The zero-order valence-electron chi connectivity index (χ0n) is 30.3. The van der Waals surface area contributed by atoms with Gasteiger partial charge in [-0.05, 0) is 64.6 Å². The predicted octanol–water partition coefficient (Wildman–Crippen LogP) is 12.8. The minimum Gasteiger partial charge on any atom is -0.456 e. The summed E-state index contributed by atoms with van der Waals surface area (Å²) in [7, 11) is 0. The van der Waals surface area contributed by atoms with Gasteiger partial charge in [0.2, 0.25) is 0 Å². The number of nitrogens with zero attached hydrogens (tertiary/aromatic N) is 4. The fourth-order valence-electron chi connectivity index (χ4n) is 7.62. The van der Waals surface area contributed by atoms with Crippen molar-refractivity contribution in [2.75, 3.05) is 0 Å². The second-order valence-corrected chi connectivity index (χ2v) is 14.9. The SMILES string of the molecule is CC(C)(C)c1ccc2c3ccccc3n(-c3ccc(-c4ccc5oc6ccccc6c5c4)cc3-c3nc(-c4ccccc4)nc(-c4ccccc4)n3)c2c1. The molecular formula is C49H36N4O. The molecule has 0 saturated heterocycles. The standard InChI is InChI=1S/C49H36N4O/c1-49(2,3)35-24-25-37-36-18-10-12-20-41(36)53(43(37)30-35)42-26-22-33(34-23-27-45-39(28-34)38-19-11-13-21-44(38)54-45)29-40(42)48-51-46(31-14-6-4-7-15-31)50-47(52-48)32-16-8-5-9-17-32/h4-30H,1-3H3. The van der Waals surface area contributed by atoms with E-state index in [1.165, 1.54) is 16.3 Å². The van der Waals surface area contributed by atoms with Crippen molar-refractivity contribution in [3.63, 3.8) is 0 Å². The Morgan fingerprint density at radius 3 is 1.72 bits per heavy atom. The maximum Gasteiger partial charge on any atom is 0.166 e. The number of benzene rings is 7. The highest BCUT2D eigenvalue weighted by Gasteiger charge is 2.22. The lowest BCUT2D eigenvalue weighted by Gasteiger charge is -2.20. The number of furan rings is 1. The van der Waals surface area contributed by atoms with E-state index in [0.29, 0.717) is 17.5 Å². The minimum atomic E-state index is -0.0263. The first-order valence-electron chi connectivity index (χ1n) is 18.4. The van der Waals surface area contributed by atoms with Gasteiger partial charge in [-0.1, -0.05) is 142 Å². The summed E-state index contributed by atoms with van der Waals surface area (Å²) in [6, 6.07) is 57.2. The molecule has 0 fully saturated rings. The Kier molecular flexibility index (Phi) is 7.31. The molecule has 0 aliphatic heterocycles. The molecule has 0 bridgehead atoms. The van der Waals surface area contributed by atoms with Crippen LogP contribution in [0.2, 0.25) is 0 Å². The van der Waals surface area contributed by atoms with Crippen LogP contribution in [-0.4, -0.2) is 19.5 Å². The van der Waals surface area contributed by atoms with Gasteiger partial charge in [0.1, 0.15) is 11.2 Å². The molecule has 0 amide bonds. The Morgan fingerprint density at radius 2 is 1.00 bits per heavy atom. The highest BCUT2D eigenvalue weighted by Crippen LogP contribution is 2.40. The van der Waals surface area contributed by atoms with E-state index in [9.17, 15) is 0 Å². The number of fused-ring (bicyclic) bond motifs is 6. The van der Waals surface area contributed by atoms with Crippen molar-refractivity contribution < 1.29 is 4.42 Å². The van der Waals surface area contributed by atoms with Crippen LogP contribution in [0.5, 0.6) is 0 Å². The van der Waals surface area contributed by atoms with Gasteiger partial charge in [-0.3, -0.25) is 0 Å². The predicted molar refractivity (Wildman–Crippen MR) is 222 cm³/mol. The molecule has 0 radical (unpaired) electrons. The molecule has 258 valence electrons. The van der Waals surface area contributed by atoms with Crippen molar-refractivity contribution >= 4 is 43.7 Å². The van der Waals surface area contributed by atoms with E-state index >= 15 is 0 Å². The summed E-state index contributed by atoms with van der Waals surface area (Å²) in [6.07, 6.45) is 0. The first-order chi connectivity index (χ1) is 26.4. The van der Waals surface area contributed by atoms with Crippen LogP contribution in [0.25, 0.3) is 94.7 Å². The summed E-state index contributed by atoms with van der Waals surface area (Å²) >= 11 is 0. The van der Waals surface area contributed by atoms with E-state index in [1.807, 2.05) is 48.5 Å². The number of aromatic nitrogens is 4. The first-order valence-corrected chi connectivity index (χ1v) is 18.4. The lowest BCUT2D eigenvalue weighted by molar-refractivity contribution is 0.591. The van der Waals surface area contributed by atoms with E-state index in [-0.39, 0.29) is 5.41 Å². The number of para-hydroxylation sites is 2. The van der Waals surface area contributed by atoms with Crippen molar-refractivity contribution in [2.45, 2.75) is 26.2 Å². The normalized spacial score (nSPS) is 12.0. The Labute approximate surface area is 313 Å². The summed E-state index contributed by atoms with van der Waals surface area (Å²) < 4.78 is 8.59. The molecule has 0 saturated carbocycles. The van der Waals surface area contributed by atoms with Crippen molar-refractivity contribution in [3.8, 4) is 51.0 Å². The summed E-state index contributed by atoms with van der Waals surface area (Å²) in [5.74, 6) is 1.85. The molecular weight excluding hydrogens is 661 g/mol. The summed E-state index contributed by atoms with van der Waals surface area (Å²) in [5, 5.41) is 4.59. The number of rotatable bonds is 5. The molecule has 0 spiro atoms. The molecule has 3 aromatic heterocycles. The van der Waals surface area contributed by atoms with E-state index in [1.54, 1.807) is 0 Å². The fourth-order valence-corrected chi connectivity index (χ4v) is 7.62. The lowest BCUT2D eigenvalue weighted by Crippen LogP contribution is -2.11. The smallest absolute Gasteiger partial charge is 0.166 e. The van der Waals surface area contributed by atoms with Gasteiger partial charge < -0.3 is 8.98 Å². The topological polar surface area (TPSA) is 56.7 Å². The van der Waals surface area contributed by atoms with Gasteiger partial charge in [-0.2, -0.15) is 0 Å². The second kappa shape index (κ2) is 12.4. The third kappa shape index (κ3) is 5.36. The van der Waals surface area contributed by atoms with Crippen molar-refractivity contribution in [3.05, 3.63) is 169 Å². The molecule has 3 heterocycles. The average molecular weight is 697 g/mol. The average Bonchev–Trinajstić information content (AvgIpc) is 3.76. The van der Waals surface area contributed by atoms with Crippen molar-refractivity contribution in [1.82, 2.24) is 19.5 Å². The zero-order chi connectivity index (χ0) is 36.4. The second-order valence-electron chi connectivity index (χ2n) is 14.9. The maximum atomic E-state index is 6.20. The van der Waals surface area contributed by atoms with Crippen molar-refractivity contribution in [2.24, 2.45) is 0 Å². The molecule has 0 N–H and O–H groups in total. The Balaban J connectivity index is 1.28. The highest BCUT2D eigenvalue weighted by atomic mass is 16.3. The summed E-state index contributed by atoms with van der Waals surface area (Å²) in [5.41, 5.74) is 11.2. The van der Waals surface area contributed by atoms with E-state index < -0.39 is 0 Å². The molecule has 5 heteroatoms. The molecule has 10 aromatic rings. The van der Waals surface area contributed by atoms with Crippen LogP contribution < -0.4 is 0 Å². The maximum absolute atomic E-state index is 6.20. The lowest BCUT2D eigenvalue weighted by atomic mass is 9.86. The molecule has 0 aliphatic rings. The van der Waals surface area contributed by atoms with Crippen LogP contribution in [-0.2, 0) is 5.41 Å².